The summed E-state index contributed by atoms with van der Waals surface area (Å²) < 4.78 is 16.9. The van der Waals surface area contributed by atoms with E-state index in [1.54, 1.807) is 6.07 Å². The molecule has 170 valence electrons. The Morgan fingerprint density at radius 2 is 1.97 bits per heavy atom. The minimum Gasteiger partial charge on any atom is -0.487 e. The van der Waals surface area contributed by atoms with E-state index >= 15 is 0 Å². The van der Waals surface area contributed by atoms with Gasteiger partial charge < -0.3 is 30.0 Å². The monoisotopic (exact) mass is 440 g/mol. The van der Waals surface area contributed by atoms with Gasteiger partial charge in [0.1, 0.15) is 24.6 Å². The normalized spacial score (nSPS) is 23.6. The number of ether oxygens (including phenoxy) is 3. The molecule has 0 bridgehead atoms. The summed E-state index contributed by atoms with van der Waals surface area (Å²) in [5.41, 5.74) is 2.63. The molecule has 0 radical (unpaired) electrons. The number of benzene rings is 2. The number of aliphatic hydroxyl groups excluding tert-OH is 1. The van der Waals surface area contributed by atoms with Gasteiger partial charge in [0.25, 0.3) is 0 Å². The highest BCUT2D eigenvalue weighted by Crippen LogP contribution is 2.47. The number of aliphatic hydroxyl groups is 1. The van der Waals surface area contributed by atoms with Gasteiger partial charge in [-0.15, -0.1) is 0 Å². The highest BCUT2D eigenvalue weighted by molar-refractivity contribution is 5.92. The zero-order chi connectivity index (χ0) is 22.5. The van der Waals surface area contributed by atoms with Gasteiger partial charge in [-0.2, -0.15) is 0 Å². The van der Waals surface area contributed by atoms with Crippen molar-refractivity contribution >= 4 is 17.5 Å². The largest absolute Gasteiger partial charge is 0.487 e. The molecule has 2 heterocycles. The van der Waals surface area contributed by atoms with Crippen molar-refractivity contribution in [1.82, 2.24) is 5.32 Å². The molecule has 2 aromatic carbocycles. The second-order valence-corrected chi connectivity index (χ2v) is 8.10. The first-order valence-corrected chi connectivity index (χ1v) is 10.7. The molecule has 8 heteroatoms. The van der Waals surface area contributed by atoms with Crippen LogP contribution >= 0.6 is 0 Å². The molecule has 0 unspecified atom stereocenters. The SMILES string of the molecule is COCC(=O)Nc1ccc2c(c1)[C@H]1C[C@H](CC(=O)NCc3ccccc3)O[C@H](CO)[C@H]1O2. The Kier molecular flexibility index (Phi) is 7.04. The van der Waals surface area contributed by atoms with Crippen LogP contribution in [0.2, 0.25) is 0 Å². The maximum atomic E-state index is 12.5. The maximum Gasteiger partial charge on any atom is 0.250 e. The minimum absolute atomic E-state index is 0.0275. The number of hydrogen-bond acceptors (Lipinski definition) is 6. The van der Waals surface area contributed by atoms with Gasteiger partial charge in [-0.3, -0.25) is 9.59 Å². The van der Waals surface area contributed by atoms with Crippen molar-refractivity contribution in [2.45, 2.75) is 43.6 Å². The zero-order valence-corrected chi connectivity index (χ0v) is 18.0. The van der Waals surface area contributed by atoms with Crippen LogP contribution in [0.5, 0.6) is 5.75 Å². The lowest BCUT2D eigenvalue weighted by molar-refractivity contribution is -0.142. The van der Waals surface area contributed by atoms with Gasteiger partial charge in [0.2, 0.25) is 11.8 Å². The van der Waals surface area contributed by atoms with Crippen molar-refractivity contribution in [1.29, 1.82) is 0 Å². The summed E-state index contributed by atoms with van der Waals surface area (Å²) in [5.74, 6) is 0.327. The Morgan fingerprint density at radius 3 is 2.72 bits per heavy atom. The topological polar surface area (TPSA) is 106 Å². The van der Waals surface area contributed by atoms with Gasteiger partial charge in [-0.25, -0.2) is 0 Å². The summed E-state index contributed by atoms with van der Waals surface area (Å²) in [7, 11) is 1.47. The van der Waals surface area contributed by atoms with Gasteiger partial charge in [-0.1, -0.05) is 30.3 Å². The second kappa shape index (κ2) is 10.1. The molecular formula is C24H28N2O6. The smallest absolute Gasteiger partial charge is 0.250 e. The highest BCUT2D eigenvalue weighted by atomic mass is 16.6. The third-order valence-electron chi connectivity index (χ3n) is 5.80. The number of fused-ring (bicyclic) bond motifs is 3. The Morgan fingerprint density at radius 1 is 1.16 bits per heavy atom. The maximum absolute atomic E-state index is 12.5. The number of anilines is 1. The van der Waals surface area contributed by atoms with Crippen molar-refractivity contribution in [3.05, 3.63) is 59.7 Å². The van der Waals surface area contributed by atoms with E-state index < -0.39 is 6.10 Å². The van der Waals surface area contributed by atoms with Crippen LogP contribution in [0.3, 0.4) is 0 Å². The van der Waals surface area contributed by atoms with Crippen LogP contribution in [-0.2, 0) is 25.6 Å². The molecule has 1 saturated heterocycles. The average Bonchev–Trinajstić information content (AvgIpc) is 3.16. The number of carbonyl (C=O) groups is 2. The van der Waals surface area contributed by atoms with E-state index in [1.807, 2.05) is 42.5 Å². The van der Waals surface area contributed by atoms with Crippen LogP contribution in [0.1, 0.15) is 29.9 Å². The van der Waals surface area contributed by atoms with Crippen molar-refractivity contribution in [2.75, 3.05) is 25.6 Å². The molecule has 2 aromatic rings. The summed E-state index contributed by atoms with van der Waals surface area (Å²) in [5, 5.41) is 15.6. The fraction of sp³-hybridized carbons (Fsp3) is 0.417. The fourth-order valence-electron chi connectivity index (χ4n) is 4.37. The lowest BCUT2D eigenvalue weighted by Gasteiger charge is -2.37. The van der Waals surface area contributed by atoms with E-state index in [4.69, 9.17) is 14.2 Å². The first-order chi connectivity index (χ1) is 15.6. The van der Waals surface area contributed by atoms with E-state index in [9.17, 15) is 14.7 Å². The predicted molar refractivity (Wildman–Crippen MR) is 117 cm³/mol. The molecule has 2 aliphatic rings. The molecule has 8 nitrogen and oxygen atoms in total. The summed E-state index contributed by atoms with van der Waals surface area (Å²) in [6.07, 6.45) is -0.414. The molecule has 2 aliphatic heterocycles. The molecule has 3 N–H and O–H groups in total. The molecular weight excluding hydrogens is 412 g/mol. The Hall–Kier alpha value is -2.94. The van der Waals surface area contributed by atoms with Crippen LogP contribution in [0, 0.1) is 0 Å². The Labute approximate surface area is 186 Å². The molecule has 0 aromatic heterocycles. The molecule has 1 fully saturated rings. The molecule has 0 spiro atoms. The van der Waals surface area contributed by atoms with E-state index in [0.717, 1.165) is 11.1 Å². The lowest BCUT2D eigenvalue weighted by atomic mass is 9.84. The number of rotatable bonds is 8. The Balaban J connectivity index is 1.42. The van der Waals surface area contributed by atoms with Crippen molar-refractivity contribution in [2.24, 2.45) is 0 Å². The number of carbonyl (C=O) groups excluding carboxylic acids is 2. The quantitative estimate of drug-likeness (QED) is 0.580. The lowest BCUT2D eigenvalue weighted by Crippen LogP contribution is -2.47. The van der Waals surface area contributed by atoms with Crippen molar-refractivity contribution in [3.63, 3.8) is 0 Å². The first kappa shape index (κ1) is 22.3. The summed E-state index contributed by atoms with van der Waals surface area (Å²) in [4.78, 5) is 24.4. The van der Waals surface area contributed by atoms with Gasteiger partial charge in [0, 0.05) is 30.8 Å². The standard InChI is InChI=1S/C24H28N2O6/c1-30-14-23(29)26-16-7-8-20-18(9-16)19-10-17(31-21(13-27)24(19)32-20)11-22(28)25-12-15-5-3-2-4-6-15/h2-9,17,19,21,24,27H,10-14H2,1H3,(H,25,28)(H,26,29)/t17-,19-,21-,24+/m1/s1. The fourth-order valence-corrected chi connectivity index (χ4v) is 4.37. The zero-order valence-electron chi connectivity index (χ0n) is 18.0. The van der Waals surface area contributed by atoms with E-state index in [2.05, 4.69) is 10.6 Å². The van der Waals surface area contributed by atoms with Gasteiger partial charge in [-0.05, 0) is 30.2 Å². The molecule has 32 heavy (non-hydrogen) atoms. The third kappa shape index (κ3) is 5.09. The minimum atomic E-state index is -0.528. The number of nitrogens with one attached hydrogen (secondary N) is 2. The van der Waals surface area contributed by atoms with Crippen LogP contribution < -0.4 is 15.4 Å². The van der Waals surface area contributed by atoms with Gasteiger partial charge in [0.15, 0.2) is 0 Å². The van der Waals surface area contributed by atoms with Crippen LogP contribution in [0.4, 0.5) is 5.69 Å². The summed E-state index contributed by atoms with van der Waals surface area (Å²) in [6, 6.07) is 15.2. The average molecular weight is 440 g/mol. The van der Waals surface area contributed by atoms with Gasteiger partial charge >= 0.3 is 0 Å². The van der Waals surface area contributed by atoms with E-state index in [1.165, 1.54) is 7.11 Å². The number of amides is 2. The third-order valence-corrected chi connectivity index (χ3v) is 5.80. The Bertz CT molecular complexity index is 951. The summed E-state index contributed by atoms with van der Waals surface area (Å²) >= 11 is 0. The molecule has 4 atom stereocenters. The first-order valence-electron chi connectivity index (χ1n) is 10.7. The molecule has 0 aliphatic carbocycles. The molecule has 4 rings (SSSR count). The van der Waals surface area contributed by atoms with Gasteiger partial charge in [0.05, 0.1) is 19.1 Å². The van der Waals surface area contributed by atoms with E-state index in [0.29, 0.717) is 24.4 Å². The summed E-state index contributed by atoms with van der Waals surface area (Å²) in [6.45, 7) is 0.229. The predicted octanol–water partition coefficient (Wildman–Crippen LogP) is 1.97. The van der Waals surface area contributed by atoms with Crippen molar-refractivity contribution < 1.29 is 28.9 Å². The number of methoxy groups -OCH3 is 1. The van der Waals surface area contributed by atoms with Crippen LogP contribution in [-0.4, -0.2) is 55.6 Å². The van der Waals surface area contributed by atoms with Crippen LogP contribution in [0.25, 0.3) is 0 Å². The highest BCUT2D eigenvalue weighted by Gasteiger charge is 2.46. The molecule has 0 saturated carbocycles. The number of hydrogen-bond donors (Lipinski definition) is 3. The van der Waals surface area contributed by atoms with Crippen LogP contribution in [0.15, 0.2) is 48.5 Å². The second-order valence-electron chi connectivity index (χ2n) is 8.10. The molecule has 2 amide bonds. The van der Waals surface area contributed by atoms with Crippen molar-refractivity contribution in [3.8, 4) is 5.75 Å². The van der Waals surface area contributed by atoms with E-state index in [-0.39, 0.29) is 49.6 Å².